The number of amides is 2. The fourth-order valence-electron chi connectivity index (χ4n) is 6.21. The third-order valence-corrected chi connectivity index (χ3v) is 7.69. The van der Waals surface area contributed by atoms with Crippen LogP contribution in [0.15, 0.2) is 18.2 Å². The average Bonchev–Trinajstić information content (AvgIpc) is 2.80. The second kappa shape index (κ2) is 8.30. The van der Waals surface area contributed by atoms with E-state index >= 15 is 0 Å². The van der Waals surface area contributed by atoms with E-state index in [0.717, 1.165) is 19.3 Å². The maximum absolute atomic E-state index is 13.0. The van der Waals surface area contributed by atoms with Gasteiger partial charge < -0.3 is 24.0 Å². The first-order valence-corrected chi connectivity index (χ1v) is 11.5. The largest absolute Gasteiger partial charge is 0.493 e. The molecule has 0 radical (unpaired) electrons. The van der Waals surface area contributed by atoms with E-state index in [1.54, 1.807) is 18.2 Å². The maximum atomic E-state index is 13.0. The van der Waals surface area contributed by atoms with Gasteiger partial charge in [-0.05, 0) is 49.3 Å². The van der Waals surface area contributed by atoms with Crippen LogP contribution in [0.25, 0.3) is 0 Å². The Balaban J connectivity index is 1.29. The molecular weight excluding hydrogens is 412 g/mol. The topological polar surface area (TPSA) is 85.4 Å². The summed E-state index contributed by atoms with van der Waals surface area (Å²) in [5.74, 6) is 1.43. The number of ether oxygens (including phenoxy) is 3. The zero-order valence-electron chi connectivity index (χ0n) is 18.6. The highest BCUT2D eigenvalue weighted by Crippen LogP contribution is 2.43. The SMILES string of the molecule is COc1ccc(C(=O)O[C@H]2CC(=O)N3C[C@@H]4C[C@@H](CN5C(=O)CCC[C@H]45)[C@@H]3C2)cc1OC. The lowest BCUT2D eigenvalue weighted by atomic mass is 9.70. The second-order valence-electron chi connectivity index (χ2n) is 9.41. The van der Waals surface area contributed by atoms with E-state index in [1.165, 1.54) is 14.2 Å². The number of nitrogens with zero attached hydrogens (tertiary/aromatic N) is 2. The average molecular weight is 443 g/mol. The smallest absolute Gasteiger partial charge is 0.338 e. The molecule has 0 N–H and O–H groups in total. The van der Waals surface area contributed by atoms with Crippen LogP contribution in [0, 0.1) is 11.8 Å². The van der Waals surface area contributed by atoms with E-state index in [1.807, 2.05) is 4.90 Å². The Bertz CT molecular complexity index is 933. The third-order valence-electron chi connectivity index (χ3n) is 7.69. The number of hydrogen-bond acceptors (Lipinski definition) is 6. The molecule has 5 atom stereocenters. The molecule has 4 aliphatic heterocycles. The number of esters is 1. The molecule has 4 heterocycles. The molecule has 2 bridgehead atoms. The molecule has 0 spiro atoms. The van der Waals surface area contributed by atoms with Crippen molar-refractivity contribution in [1.29, 1.82) is 0 Å². The first-order chi connectivity index (χ1) is 15.5. The van der Waals surface area contributed by atoms with Crippen LogP contribution in [0.4, 0.5) is 0 Å². The predicted molar refractivity (Wildman–Crippen MR) is 114 cm³/mol. The summed E-state index contributed by atoms with van der Waals surface area (Å²) < 4.78 is 16.3. The van der Waals surface area contributed by atoms with Gasteiger partial charge in [0, 0.05) is 38.0 Å². The van der Waals surface area contributed by atoms with Crippen molar-refractivity contribution in [2.75, 3.05) is 27.3 Å². The predicted octanol–water partition coefficient (Wildman–Crippen LogP) is 2.25. The van der Waals surface area contributed by atoms with Gasteiger partial charge in [0.15, 0.2) is 11.5 Å². The number of carbonyl (C=O) groups excluding carboxylic acids is 3. The van der Waals surface area contributed by atoms with Crippen LogP contribution in [-0.2, 0) is 14.3 Å². The van der Waals surface area contributed by atoms with E-state index in [2.05, 4.69) is 4.90 Å². The highest BCUT2D eigenvalue weighted by molar-refractivity contribution is 5.90. The number of rotatable bonds is 4. The number of piperidine rings is 4. The summed E-state index contributed by atoms with van der Waals surface area (Å²) in [5, 5.41) is 0. The quantitative estimate of drug-likeness (QED) is 0.665. The molecule has 172 valence electrons. The Hall–Kier alpha value is -2.77. The van der Waals surface area contributed by atoms with Crippen molar-refractivity contribution >= 4 is 17.8 Å². The monoisotopic (exact) mass is 442 g/mol. The molecule has 4 aliphatic rings. The van der Waals surface area contributed by atoms with Crippen LogP contribution in [0.1, 0.15) is 48.9 Å². The number of hydrogen-bond donors (Lipinski definition) is 0. The van der Waals surface area contributed by atoms with E-state index < -0.39 is 12.1 Å². The zero-order valence-corrected chi connectivity index (χ0v) is 18.6. The van der Waals surface area contributed by atoms with Crippen LogP contribution < -0.4 is 9.47 Å². The van der Waals surface area contributed by atoms with Crippen molar-refractivity contribution in [3.63, 3.8) is 0 Å². The van der Waals surface area contributed by atoms with Crippen molar-refractivity contribution < 1.29 is 28.6 Å². The summed E-state index contributed by atoms with van der Waals surface area (Å²) in [6.45, 7) is 1.43. The van der Waals surface area contributed by atoms with Gasteiger partial charge in [-0.3, -0.25) is 9.59 Å². The van der Waals surface area contributed by atoms with E-state index in [0.29, 0.717) is 48.9 Å². The highest BCUT2D eigenvalue weighted by Gasteiger charge is 2.51. The second-order valence-corrected chi connectivity index (χ2v) is 9.41. The Morgan fingerprint density at radius 1 is 0.938 bits per heavy atom. The summed E-state index contributed by atoms with van der Waals surface area (Å²) in [6.07, 6.45) is 4.04. The van der Waals surface area contributed by atoms with Gasteiger partial charge in [-0.25, -0.2) is 4.79 Å². The molecule has 32 heavy (non-hydrogen) atoms. The van der Waals surface area contributed by atoms with E-state index in [4.69, 9.17) is 14.2 Å². The van der Waals surface area contributed by atoms with Crippen LogP contribution in [-0.4, -0.2) is 73.1 Å². The van der Waals surface area contributed by atoms with Crippen molar-refractivity contribution in [1.82, 2.24) is 9.80 Å². The van der Waals surface area contributed by atoms with Gasteiger partial charge in [0.25, 0.3) is 0 Å². The third kappa shape index (κ3) is 3.59. The summed E-state index contributed by atoms with van der Waals surface area (Å²) >= 11 is 0. The van der Waals surface area contributed by atoms with Gasteiger partial charge >= 0.3 is 5.97 Å². The lowest BCUT2D eigenvalue weighted by Crippen LogP contribution is -2.66. The Morgan fingerprint density at radius 3 is 2.41 bits per heavy atom. The van der Waals surface area contributed by atoms with Crippen LogP contribution >= 0.6 is 0 Å². The van der Waals surface area contributed by atoms with Gasteiger partial charge in [-0.2, -0.15) is 0 Å². The summed E-state index contributed by atoms with van der Waals surface area (Å²) in [6, 6.07) is 5.19. The Labute approximate surface area is 187 Å². The molecule has 1 aromatic carbocycles. The molecule has 0 aliphatic carbocycles. The van der Waals surface area contributed by atoms with Gasteiger partial charge in [-0.15, -0.1) is 0 Å². The molecule has 0 unspecified atom stereocenters. The number of benzene rings is 1. The van der Waals surface area contributed by atoms with Gasteiger partial charge in [-0.1, -0.05) is 0 Å². The van der Waals surface area contributed by atoms with Crippen molar-refractivity contribution in [3.8, 4) is 11.5 Å². The fraction of sp³-hybridized carbons (Fsp3) is 0.625. The number of methoxy groups -OCH3 is 2. The highest BCUT2D eigenvalue weighted by atomic mass is 16.5. The summed E-state index contributed by atoms with van der Waals surface area (Å²) in [4.78, 5) is 42.4. The molecule has 1 aromatic rings. The Morgan fingerprint density at radius 2 is 1.66 bits per heavy atom. The molecule has 8 nitrogen and oxygen atoms in total. The minimum absolute atomic E-state index is 0.0198. The van der Waals surface area contributed by atoms with Crippen LogP contribution in [0.2, 0.25) is 0 Å². The first-order valence-electron chi connectivity index (χ1n) is 11.5. The summed E-state index contributed by atoms with van der Waals surface area (Å²) in [7, 11) is 3.05. The molecule has 4 fully saturated rings. The fourth-order valence-corrected chi connectivity index (χ4v) is 6.21. The van der Waals surface area contributed by atoms with E-state index in [-0.39, 0.29) is 36.2 Å². The van der Waals surface area contributed by atoms with Crippen LogP contribution in [0.3, 0.4) is 0 Å². The van der Waals surface area contributed by atoms with E-state index in [9.17, 15) is 14.4 Å². The molecule has 5 rings (SSSR count). The molecule has 4 saturated heterocycles. The lowest BCUT2D eigenvalue weighted by molar-refractivity contribution is -0.161. The minimum Gasteiger partial charge on any atom is -0.493 e. The van der Waals surface area contributed by atoms with Gasteiger partial charge in [0.1, 0.15) is 6.10 Å². The molecule has 0 saturated carbocycles. The zero-order chi connectivity index (χ0) is 22.4. The van der Waals surface area contributed by atoms with Crippen molar-refractivity contribution in [2.45, 2.75) is 56.7 Å². The summed E-state index contributed by atoms with van der Waals surface area (Å²) in [5.41, 5.74) is 0.362. The van der Waals surface area contributed by atoms with Crippen molar-refractivity contribution in [3.05, 3.63) is 23.8 Å². The van der Waals surface area contributed by atoms with Gasteiger partial charge in [0.2, 0.25) is 11.8 Å². The molecular formula is C24H30N2O6. The standard InChI is InChI=1S/C24H30N2O6/c1-30-20-7-6-14(9-21(20)31-2)24(29)32-17-10-19-16-8-15(12-26(19)23(28)11-17)18-4-3-5-22(27)25(18)13-16/h6-7,9,15-19H,3-5,8,10-13H2,1-2H3/t15-,16-,17+,18+,19-/m0/s1. The van der Waals surface area contributed by atoms with Crippen molar-refractivity contribution in [2.24, 2.45) is 11.8 Å². The Kier molecular flexibility index (Phi) is 5.47. The number of fused-ring (bicyclic) bond motifs is 6. The molecule has 8 heteroatoms. The molecule has 2 amide bonds. The number of carbonyl (C=O) groups is 3. The van der Waals surface area contributed by atoms with Gasteiger partial charge in [0.05, 0.1) is 26.2 Å². The first kappa shape index (κ1) is 21.1. The lowest BCUT2D eigenvalue weighted by Gasteiger charge is -2.57. The van der Waals surface area contributed by atoms with Crippen LogP contribution in [0.5, 0.6) is 11.5 Å². The molecule has 0 aromatic heterocycles. The maximum Gasteiger partial charge on any atom is 0.338 e. The normalized spacial score (nSPS) is 31.5. The minimum atomic E-state index is -0.471.